The zero-order valence-corrected chi connectivity index (χ0v) is 20.5. The van der Waals surface area contributed by atoms with E-state index in [-0.39, 0.29) is 28.7 Å². The number of benzene rings is 2. The lowest BCUT2D eigenvalue weighted by atomic mass is 9.90. The topological polar surface area (TPSA) is 113 Å². The van der Waals surface area contributed by atoms with Crippen LogP contribution in [-0.4, -0.2) is 62.6 Å². The van der Waals surface area contributed by atoms with Crippen LogP contribution in [0.25, 0.3) is 0 Å². The van der Waals surface area contributed by atoms with Gasteiger partial charge in [0.25, 0.3) is 0 Å². The van der Waals surface area contributed by atoms with Crippen molar-refractivity contribution in [3.63, 3.8) is 0 Å². The number of nitrogens with one attached hydrogen (secondary N) is 1. The molecule has 0 aromatic heterocycles. The molecule has 0 saturated carbocycles. The van der Waals surface area contributed by atoms with Gasteiger partial charge in [-0.2, -0.15) is 0 Å². The predicted molar refractivity (Wildman–Crippen MR) is 136 cm³/mol. The molecule has 2 amide bonds. The van der Waals surface area contributed by atoms with Crippen LogP contribution >= 0.6 is 0 Å². The first-order valence-corrected chi connectivity index (χ1v) is 14.0. The lowest BCUT2D eigenvalue weighted by Crippen LogP contribution is -2.61. The van der Waals surface area contributed by atoms with Gasteiger partial charge in [-0.3, -0.25) is 19.8 Å². The van der Waals surface area contributed by atoms with Gasteiger partial charge in [0.1, 0.15) is 0 Å². The molecule has 0 spiro atoms. The number of piperidine rings is 2. The number of imide groups is 1. The van der Waals surface area contributed by atoms with Crippen molar-refractivity contribution >= 4 is 33.0 Å². The van der Waals surface area contributed by atoms with Gasteiger partial charge in [0.05, 0.1) is 16.9 Å². The number of amides is 2. The Hall–Kier alpha value is -2.91. The largest absolute Gasteiger partial charge is 0.399 e. The number of nitrogen functional groups attached to an aromatic ring is 1. The monoisotopic (exact) mass is 496 g/mol. The first-order chi connectivity index (χ1) is 16.8. The summed E-state index contributed by atoms with van der Waals surface area (Å²) < 4.78 is 25.8. The van der Waals surface area contributed by atoms with Gasteiger partial charge in [-0.05, 0) is 67.7 Å². The summed E-state index contributed by atoms with van der Waals surface area (Å²) in [4.78, 5) is 28.2. The molecule has 1 unspecified atom stereocenters. The molecule has 5 rings (SSSR count). The summed E-state index contributed by atoms with van der Waals surface area (Å²) in [6.45, 7) is 3.44. The summed E-state index contributed by atoms with van der Waals surface area (Å²) in [5.74, 6) is -0.595. The van der Waals surface area contributed by atoms with Crippen molar-refractivity contribution in [2.75, 3.05) is 36.8 Å². The van der Waals surface area contributed by atoms with E-state index in [0.29, 0.717) is 37.4 Å². The molecule has 2 aromatic carbocycles. The van der Waals surface area contributed by atoms with E-state index >= 15 is 0 Å². The smallest absolute Gasteiger partial charge is 0.234 e. The van der Waals surface area contributed by atoms with Gasteiger partial charge in [-0.15, -0.1) is 0 Å². The molecule has 3 N–H and O–H groups in total. The van der Waals surface area contributed by atoms with Crippen LogP contribution in [0.15, 0.2) is 48.5 Å². The van der Waals surface area contributed by atoms with Gasteiger partial charge in [-0.25, -0.2) is 8.42 Å². The molecule has 9 heteroatoms. The predicted octanol–water partition coefficient (Wildman–Crippen LogP) is 2.06. The number of carbonyl (C=O) groups excluding carboxylic acids is 2. The normalized spacial score (nSPS) is 22.6. The fourth-order valence-corrected chi connectivity index (χ4v) is 7.21. The van der Waals surface area contributed by atoms with E-state index in [4.69, 9.17) is 5.73 Å². The maximum Gasteiger partial charge on any atom is 0.234 e. The number of hydrogen-bond acceptors (Lipinski definition) is 7. The molecule has 3 aliphatic heterocycles. The molecule has 2 aromatic rings. The third-order valence-corrected chi connectivity index (χ3v) is 9.83. The summed E-state index contributed by atoms with van der Waals surface area (Å²) in [6.07, 6.45) is 2.29. The molecule has 8 nitrogen and oxygen atoms in total. The summed E-state index contributed by atoms with van der Waals surface area (Å²) in [5.41, 5.74) is 9.20. The molecule has 1 atom stereocenters. The van der Waals surface area contributed by atoms with Crippen LogP contribution in [0.1, 0.15) is 42.7 Å². The number of carbonyl (C=O) groups is 2. The lowest BCUT2D eigenvalue weighted by Gasteiger charge is -2.48. The van der Waals surface area contributed by atoms with Gasteiger partial charge < -0.3 is 10.6 Å². The summed E-state index contributed by atoms with van der Waals surface area (Å²) in [5, 5.41) is 2.14. The molecule has 3 heterocycles. The first kappa shape index (κ1) is 23.8. The molecule has 0 bridgehead atoms. The van der Waals surface area contributed by atoms with Crippen molar-refractivity contribution in [3.05, 3.63) is 59.7 Å². The van der Waals surface area contributed by atoms with E-state index in [1.807, 2.05) is 24.3 Å². The Morgan fingerprint density at radius 2 is 1.57 bits per heavy atom. The van der Waals surface area contributed by atoms with Crippen LogP contribution in [0.3, 0.4) is 0 Å². The van der Waals surface area contributed by atoms with Crippen molar-refractivity contribution in [1.29, 1.82) is 0 Å². The Kier molecular flexibility index (Phi) is 6.55. The maximum absolute atomic E-state index is 12.9. The second-order valence-corrected chi connectivity index (χ2v) is 12.2. The maximum atomic E-state index is 12.9. The molecule has 3 saturated heterocycles. The van der Waals surface area contributed by atoms with Crippen LogP contribution in [-0.2, 0) is 25.2 Å². The average Bonchev–Trinajstić information content (AvgIpc) is 2.81. The molecular weight excluding hydrogens is 464 g/mol. The Bertz CT molecular complexity index is 1180. The van der Waals surface area contributed by atoms with Gasteiger partial charge in [0, 0.05) is 36.9 Å². The SMILES string of the molecule is Nc1ccc(CS(=O)(=O)C2CCN(C3CN(c4ccc(C5CCC(=O)NC5=O)cc4)C3)CC2)cc1. The second kappa shape index (κ2) is 9.62. The van der Waals surface area contributed by atoms with Crippen LogP contribution in [0, 0.1) is 0 Å². The third kappa shape index (κ3) is 5.21. The fraction of sp³-hybridized carbons (Fsp3) is 0.462. The number of hydrogen-bond donors (Lipinski definition) is 2. The highest BCUT2D eigenvalue weighted by Gasteiger charge is 2.37. The first-order valence-electron chi connectivity index (χ1n) is 12.3. The molecule has 3 aliphatic rings. The Balaban J connectivity index is 1.10. The fourth-order valence-electron chi connectivity index (χ4n) is 5.39. The van der Waals surface area contributed by atoms with E-state index in [9.17, 15) is 18.0 Å². The van der Waals surface area contributed by atoms with Crippen LogP contribution in [0.4, 0.5) is 11.4 Å². The zero-order chi connectivity index (χ0) is 24.6. The molecule has 0 radical (unpaired) electrons. The molecule has 186 valence electrons. The summed E-state index contributed by atoms with van der Waals surface area (Å²) in [6, 6.07) is 15.6. The van der Waals surface area contributed by atoms with Gasteiger partial charge >= 0.3 is 0 Å². The highest BCUT2D eigenvalue weighted by atomic mass is 32.2. The van der Waals surface area contributed by atoms with E-state index in [1.54, 1.807) is 24.3 Å². The van der Waals surface area contributed by atoms with E-state index in [1.165, 1.54) is 0 Å². The second-order valence-electron chi connectivity index (χ2n) is 9.94. The van der Waals surface area contributed by atoms with Crippen molar-refractivity contribution in [3.8, 4) is 0 Å². The number of nitrogens with zero attached hydrogens (tertiary/aromatic N) is 2. The van der Waals surface area contributed by atoms with Crippen molar-refractivity contribution < 1.29 is 18.0 Å². The summed E-state index contributed by atoms with van der Waals surface area (Å²) >= 11 is 0. The standard InChI is InChI=1S/C26H32N4O4S/c27-20-5-1-18(2-6-20)17-35(33,34)23-11-13-29(14-12-23)22-15-30(16-22)21-7-3-19(4-8-21)24-9-10-25(31)28-26(24)32/h1-8,22-24H,9-17,27H2,(H,28,31,32). The van der Waals surface area contributed by atoms with E-state index in [0.717, 1.165) is 43.0 Å². The van der Waals surface area contributed by atoms with Crippen LogP contribution in [0.5, 0.6) is 0 Å². The van der Waals surface area contributed by atoms with Crippen molar-refractivity contribution in [2.45, 2.75) is 48.6 Å². The Morgan fingerprint density at radius 3 is 2.20 bits per heavy atom. The minimum Gasteiger partial charge on any atom is -0.399 e. The van der Waals surface area contributed by atoms with E-state index in [2.05, 4.69) is 15.1 Å². The summed E-state index contributed by atoms with van der Waals surface area (Å²) in [7, 11) is -3.19. The van der Waals surface area contributed by atoms with Gasteiger partial charge in [0.15, 0.2) is 9.84 Å². The molecule has 0 aliphatic carbocycles. The lowest BCUT2D eigenvalue weighted by molar-refractivity contribution is -0.134. The minimum atomic E-state index is -3.19. The van der Waals surface area contributed by atoms with Crippen LogP contribution in [0.2, 0.25) is 0 Å². The molecular formula is C26H32N4O4S. The minimum absolute atomic E-state index is 0.0734. The zero-order valence-electron chi connectivity index (χ0n) is 19.7. The van der Waals surface area contributed by atoms with E-state index < -0.39 is 9.84 Å². The number of sulfone groups is 1. The van der Waals surface area contributed by atoms with Gasteiger partial charge in [-0.1, -0.05) is 24.3 Å². The highest BCUT2D eigenvalue weighted by Crippen LogP contribution is 2.31. The Labute approximate surface area is 206 Å². The quantitative estimate of drug-likeness (QED) is 0.465. The number of likely N-dealkylation sites (tertiary alicyclic amines) is 1. The number of anilines is 2. The third-order valence-electron chi connectivity index (χ3n) is 7.61. The van der Waals surface area contributed by atoms with Crippen molar-refractivity contribution in [2.24, 2.45) is 0 Å². The Morgan fingerprint density at radius 1 is 0.914 bits per heavy atom. The van der Waals surface area contributed by atoms with Crippen LogP contribution < -0.4 is 16.0 Å². The number of nitrogens with two attached hydrogens (primary N) is 1. The molecule has 3 fully saturated rings. The molecule has 35 heavy (non-hydrogen) atoms. The highest BCUT2D eigenvalue weighted by molar-refractivity contribution is 7.91. The van der Waals surface area contributed by atoms with Crippen molar-refractivity contribution in [1.82, 2.24) is 10.2 Å². The van der Waals surface area contributed by atoms with Gasteiger partial charge in [0.2, 0.25) is 11.8 Å². The average molecular weight is 497 g/mol. The number of rotatable bonds is 6.